The number of carboxylic acids is 1. The molecule has 0 fully saturated rings. The highest BCUT2D eigenvalue weighted by atomic mass is 17.1. The van der Waals surface area contributed by atoms with E-state index in [2.05, 4.69) is 4.89 Å². The first-order valence-electron chi connectivity index (χ1n) is 3.62. The standard InChI is InChI=1S/C7H14O4/c1-3-7(4-2,5-11-10)6(8)9/h10H,3-5H2,1-2H3,(H,8,9). The Morgan fingerprint density at radius 2 is 1.91 bits per heavy atom. The van der Waals surface area contributed by atoms with E-state index in [0.29, 0.717) is 12.8 Å². The van der Waals surface area contributed by atoms with Gasteiger partial charge >= 0.3 is 5.97 Å². The van der Waals surface area contributed by atoms with Gasteiger partial charge in [-0.05, 0) is 12.8 Å². The number of carbonyl (C=O) groups is 1. The largest absolute Gasteiger partial charge is 0.481 e. The maximum absolute atomic E-state index is 10.7. The van der Waals surface area contributed by atoms with Gasteiger partial charge in [-0.2, -0.15) is 0 Å². The van der Waals surface area contributed by atoms with Crippen LogP contribution in [0.2, 0.25) is 0 Å². The zero-order valence-corrected chi connectivity index (χ0v) is 6.83. The molecule has 0 bridgehead atoms. The predicted octanol–water partition coefficient (Wildman–Crippen LogP) is 1.37. The fraction of sp³-hybridized carbons (Fsp3) is 0.857. The average Bonchev–Trinajstić information content (AvgIpc) is 2.00. The fourth-order valence-electron chi connectivity index (χ4n) is 0.942. The Balaban J connectivity index is 4.32. The van der Waals surface area contributed by atoms with Gasteiger partial charge in [0.05, 0.1) is 12.0 Å². The molecule has 2 N–H and O–H groups in total. The number of hydrogen-bond donors (Lipinski definition) is 2. The summed E-state index contributed by atoms with van der Waals surface area (Å²) >= 11 is 0. The molecule has 0 saturated carbocycles. The van der Waals surface area contributed by atoms with Crippen LogP contribution in [0.4, 0.5) is 0 Å². The minimum absolute atomic E-state index is 0.144. The van der Waals surface area contributed by atoms with Gasteiger partial charge in [-0.25, -0.2) is 4.89 Å². The first kappa shape index (κ1) is 10.4. The molecule has 11 heavy (non-hydrogen) atoms. The lowest BCUT2D eigenvalue weighted by Crippen LogP contribution is -2.34. The normalized spacial score (nSPS) is 11.5. The quantitative estimate of drug-likeness (QED) is 0.473. The average molecular weight is 162 g/mol. The number of hydrogen-bond acceptors (Lipinski definition) is 3. The van der Waals surface area contributed by atoms with Crippen LogP contribution >= 0.6 is 0 Å². The molecule has 0 rings (SSSR count). The maximum Gasteiger partial charge on any atom is 0.312 e. The Labute approximate surface area is 65.7 Å². The van der Waals surface area contributed by atoms with Crippen molar-refractivity contribution in [2.45, 2.75) is 26.7 Å². The van der Waals surface area contributed by atoms with Gasteiger partial charge in [-0.3, -0.25) is 10.1 Å². The lowest BCUT2D eigenvalue weighted by molar-refractivity contribution is -0.263. The molecule has 0 aliphatic rings. The summed E-state index contributed by atoms with van der Waals surface area (Å²) in [5.41, 5.74) is -0.922. The molecule has 0 aromatic carbocycles. The second-order valence-corrected chi connectivity index (χ2v) is 2.57. The molecule has 0 saturated heterocycles. The highest BCUT2D eigenvalue weighted by Gasteiger charge is 2.35. The molecule has 66 valence electrons. The molecule has 0 aliphatic carbocycles. The van der Waals surface area contributed by atoms with Crippen LogP contribution in [-0.2, 0) is 9.68 Å². The maximum atomic E-state index is 10.7. The van der Waals surface area contributed by atoms with Crippen molar-refractivity contribution in [1.29, 1.82) is 0 Å². The van der Waals surface area contributed by atoms with Gasteiger partial charge in [0.15, 0.2) is 0 Å². The van der Waals surface area contributed by atoms with Crippen molar-refractivity contribution >= 4 is 5.97 Å². The molecule has 0 aromatic rings. The van der Waals surface area contributed by atoms with E-state index in [0.717, 1.165) is 0 Å². The van der Waals surface area contributed by atoms with E-state index in [-0.39, 0.29) is 6.61 Å². The lowest BCUT2D eigenvalue weighted by Gasteiger charge is -2.24. The van der Waals surface area contributed by atoms with Crippen molar-refractivity contribution in [2.75, 3.05) is 6.61 Å². The molecule has 0 spiro atoms. The molecule has 0 unspecified atom stereocenters. The highest BCUT2D eigenvalue weighted by molar-refractivity contribution is 5.74. The topological polar surface area (TPSA) is 66.8 Å². The third-order valence-electron chi connectivity index (χ3n) is 2.15. The Kier molecular flexibility index (Phi) is 4.07. The van der Waals surface area contributed by atoms with Crippen molar-refractivity contribution in [2.24, 2.45) is 5.41 Å². The van der Waals surface area contributed by atoms with Gasteiger partial charge in [0, 0.05) is 0 Å². The molecule has 0 aliphatic heterocycles. The molecule has 0 amide bonds. The molecule has 0 heterocycles. The van der Waals surface area contributed by atoms with E-state index in [1.807, 2.05) is 0 Å². The molecule has 0 radical (unpaired) electrons. The Bertz CT molecular complexity index is 128. The lowest BCUT2D eigenvalue weighted by atomic mass is 9.83. The SMILES string of the molecule is CCC(CC)(COO)C(=O)O. The smallest absolute Gasteiger partial charge is 0.312 e. The van der Waals surface area contributed by atoms with E-state index in [1.54, 1.807) is 13.8 Å². The second kappa shape index (κ2) is 4.31. The van der Waals surface area contributed by atoms with Gasteiger partial charge in [0.1, 0.15) is 0 Å². The van der Waals surface area contributed by atoms with Gasteiger partial charge < -0.3 is 5.11 Å². The zero-order chi connectivity index (χ0) is 8.91. The molecule has 0 aromatic heterocycles. The van der Waals surface area contributed by atoms with E-state index in [9.17, 15) is 4.79 Å². The van der Waals surface area contributed by atoms with Crippen molar-refractivity contribution < 1.29 is 20.0 Å². The van der Waals surface area contributed by atoms with Crippen molar-refractivity contribution in [3.63, 3.8) is 0 Å². The summed E-state index contributed by atoms with van der Waals surface area (Å²) in [6.07, 6.45) is 0.915. The molecular weight excluding hydrogens is 148 g/mol. The minimum atomic E-state index is -0.922. The van der Waals surface area contributed by atoms with Crippen LogP contribution in [-0.4, -0.2) is 22.9 Å². The number of rotatable bonds is 5. The van der Waals surface area contributed by atoms with Crippen LogP contribution in [0.1, 0.15) is 26.7 Å². The fourth-order valence-corrected chi connectivity index (χ4v) is 0.942. The van der Waals surface area contributed by atoms with E-state index in [4.69, 9.17) is 10.4 Å². The third kappa shape index (κ3) is 2.17. The van der Waals surface area contributed by atoms with Crippen LogP contribution < -0.4 is 0 Å². The molecule has 4 nitrogen and oxygen atoms in total. The molecular formula is C7H14O4. The third-order valence-corrected chi connectivity index (χ3v) is 2.15. The number of carboxylic acid groups (broad SMARTS) is 1. The van der Waals surface area contributed by atoms with Crippen molar-refractivity contribution in [3.8, 4) is 0 Å². The summed E-state index contributed by atoms with van der Waals surface area (Å²) in [7, 11) is 0. The zero-order valence-electron chi connectivity index (χ0n) is 6.83. The first-order chi connectivity index (χ1) is 5.13. The summed E-state index contributed by atoms with van der Waals surface area (Å²) in [4.78, 5) is 14.6. The predicted molar refractivity (Wildman–Crippen MR) is 39.2 cm³/mol. The van der Waals surface area contributed by atoms with Crippen molar-refractivity contribution in [1.82, 2.24) is 0 Å². The van der Waals surface area contributed by atoms with Crippen LogP contribution in [0.5, 0.6) is 0 Å². The van der Waals surface area contributed by atoms with Crippen LogP contribution in [0.25, 0.3) is 0 Å². The van der Waals surface area contributed by atoms with Gasteiger partial charge in [0.25, 0.3) is 0 Å². The minimum Gasteiger partial charge on any atom is -0.481 e. The summed E-state index contributed by atoms with van der Waals surface area (Å²) in [6.45, 7) is 3.38. The van der Waals surface area contributed by atoms with Crippen molar-refractivity contribution in [3.05, 3.63) is 0 Å². The number of aliphatic carboxylic acids is 1. The molecule has 0 atom stereocenters. The summed E-state index contributed by atoms with van der Waals surface area (Å²) in [5, 5.41) is 16.9. The van der Waals surface area contributed by atoms with Crippen LogP contribution in [0.15, 0.2) is 0 Å². The first-order valence-corrected chi connectivity index (χ1v) is 3.62. The monoisotopic (exact) mass is 162 g/mol. The van der Waals surface area contributed by atoms with E-state index in [1.165, 1.54) is 0 Å². The Hall–Kier alpha value is -0.610. The highest BCUT2D eigenvalue weighted by Crippen LogP contribution is 2.26. The van der Waals surface area contributed by atoms with Gasteiger partial charge in [-0.15, -0.1) is 0 Å². The van der Waals surface area contributed by atoms with Gasteiger partial charge in [0.2, 0.25) is 0 Å². The Morgan fingerprint density at radius 1 is 1.45 bits per heavy atom. The van der Waals surface area contributed by atoms with Crippen LogP contribution in [0, 0.1) is 5.41 Å². The summed E-state index contributed by atoms with van der Waals surface area (Å²) in [5.74, 6) is -0.920. The molecule has 4 heteroatoms. The van der Waals surface area contributed by atoms with Crippen LogP contribution in [0.3, 0.4) is 0 Å². The van der Waals surface area contributed by atoms with Gasteiger partial charge in [-0.1, -0.05) is 13.8 Å². The second-order valence-electron chi connectivity index (χ2n) is 2.57. The Morgan fingerprint density at radius 3 is 2.00 bits per heavy atom. The summed E-state index contributed by atoms with van der Waals surface area (Å²) in [6, 6.07) is 0. The summed E-state index contributed by atoms with van der Waals surface area (Å²) < 4.78 is 0. The van der Waals surface area contributed by atoms with E-state index >= 15 is 0 Å². The van der Waals surface area contributed by atoms with E-state index < -0.39 is 11.4 Å².